The van der Waals surface area contributed by atoms with Gasteiger partial charge in [0.2, 0.25) is 5.79 Å². The zero-order valence-electron chi connectivity index (χ0n) is 66.4. The number of methoxy groups -OCH3 is 1. The molecule has 606 valence electrons. The van der Waals surface area contributed by atoms with Crippen molar-refractivity contribution >= 4 is 179 Å². The lowest BCUT2D eigenvalue weighted by atomic mass is 9.76. The number of aryl methyl sites for hydroxylation is 1. The lowest BCUT2D eigenvalue weighted by Gasteiger charge is -2.41. The Kier molecular flexibility index (Phi) is 22.6. The van der Waals surface area contributed by atoms with E-state index in [4.69, 9.17) is 37.4 Å². The van der Waals surface area contributed by atoms with Crippen LogP contribution in [-0.4, -0.2) is 47.8 Å². The molecule has 13 heterocycles. The number of rotatable bonds is 13. The molecule has 12 aromatic heterocycles. The van der Waals surface area contributed by atoms with Gasteiger partial charge in [-0.3, -0.25) is 0 Å². The average Bonchev–Trinajstić information content (AvgIpc) is 1.54. The molecule has 0 saturated carbocycles. The Hall–Kier alpha value is -6.78. The Bertz CT molecular complexity index is 6410. The largest absolute Gasteiger partial charge is 0.468 e. The van der Waals surface area contributed by atoms with Crippen LogP contribution in [0.5, 0.6) is 0 Å². The maximum Gasteiger partial charge on any atom is 0.206 e. The average molecular weight is 1870 g/mol. The maximum atomic E-state index is 12.9. The van der Waals surface area contributed by atoms with Gasteiger partial charge in [-0.05, 0) is 292 Å². The van der Waals surface area contributed by atoms with Gasteiger partial charge in [0.25, 0.3) is 0 Å². The Labute approximate surface area is 754 Å². The molecule has 7 nitrogen and oxygen atoms in total. The number of ether oxygens (including phenoxy) is 3. The highest BCUT2D eigenvalue weighted by molar-refractivity contribution is 7.91. The fourth-order valence-electron chi connectivity index (χ4n) is 18.5. The molecule has 0 radical (unpaired) electrons. The van der Waals surface area contributed by atoms with Gasteiger partial charge in [-0.2, -0.15) is 0 Å². The summed E-state index contributed by atoms with van der Waals surface area (Å²) in [5.41, 5.74) is 17.7. The molecule has 119 heavy (non-hydrogen) atoms. The second-order valence-electron chi connectivity index (χ2n) is 32.2. The van der Waals surface area contributed by atoms with E-state index in [1.54, 1.807) is 135 Å². The minimum atomic E-state index is -3.41. The number of allylic oxidation sites excluding steroid dienone is 1. The Morgan fingerprint density at radius 3 is 0.950 bits per heavy atom. The second-order valence-corrected chi connectivity index (χ2v) is 48.1. The summed E-state index contributed by atoms with van der Waals surface area (Å²) >= 11 is 33.4. The van der Waals surface area contributed by atoms with Gasteiger partial charge in [0.15, 0.2) is 19.7 Å². The van der Waals surface area contributed by atoms with Gasteiger partial charge >= 0.3 is 0 Å². The normalized spacial score (nSPS) is 16.4. The number of halogens is 2. The van der Waals surface area contributed by atoms with Crippen LogP contribution in [0.1, 0.15) is 140 Å². The van der Waals surface area contributed by atoms with E-state index >= 15 is 0 Å². The smallest absolute Gasteiger partial charge is 0.206 e. The molecule has 0 fully saturated rings. The van der Waals surface area contributed by atoms with Crippen LogP contribution in [0.2, 0.25) is 10.0 Å². The molecular weight excluding hydrogens is 1780 g/mol. The van der Waals surface area contributed by atoms with E-state index in [0.717, 1.165) is 52.5 Å². The van der Waals surface area contributed by atoms with E-state index in [2.05, 4.69) is 203 Å². The van der Waals surface area contributed by atoms with Gasteiger partial charge in [0, 0.05) is 118 Å². The van der Waals surface area contributed by atoms with Crippen molar-refractivity contribution < 1.29 is 31.0 Å². The van der Waals surface area contributed by atoms with Gasteiger partial charge in [-0.25, -0.2) is 16.8 Å². The van der Waals surface area contributed by atoms with Crippen LogP contribution in [0.3, 0.4) is 0 Å². The highest BCUT2D eigenvalue weighted by Gasteiger charge is 2.52. The number of hydrogen-bond acceptors (Lipinski definition) is 19. The molecule has 0 saturated heterocycles. The van der Waals surface area contributed by atoms with Crippen molar-refractivity contribution in [3.05, 3.63) is 346 Å². The monoisotopic (exact) mass is 1860 g/mol. The first-order valence-electron chi connectivity index (χ1n) is 38.8. The second kappa shape index (κ2) is 32.4. The first kappa shape index (κ1) is 83.1. The van der Waals surface area contributed by atoms with E-state index in [0.29, 0.717) is 14.8 Å². The predicted molar refractivity (Wildman–Crippen MR) is 513 cm³/mol. The Morgan fingerprint density at radius 1 is 0.328 bits per heavy atom. The van der Waals surface area contributed by atoms with Crippen molar-refractivity contribution in [2.45, 2.75) is 123 Å². The molecule has 0 unspecified atom stereocenters. The van der Waals surface area contributed by atoms with Crippen molar-refractivity contribution in [2.75, 3.05) is 25.2 Å². The third kappa shape index (κ3) is 14.7. The fourth-order valence-corrected chi connectivity index (χ4v) is 35.7. The first-order chi connectivity index (χ1) is 57.2. The Balaban J connectivity index is 0.0000000985. The zero-order chi connectivity index (χ0) is 82.7. The van der Waals surface area contributed by atoms with Crippen molar-refractivity contribution in [1.82, 2.24) is 0 Å². The van der Waals surface area contributed by atoms with Crippen molar-refractivity contribution in [3.8, 4) is 58.5 Å². The number of hydrogen-bond donors (Lipinski definition) is 0. The molecule has 0 amide bonds. The summed E-state index contributed by atoms with van der Waals surface area (Å²) in [6.07, 6.45) is 5.46. The van der Waals surface area contributed by atoms with Gasteiger partial charge in [-0.1, -0.05) is 112 Å². The topological polar surface area (TPSA) is 96.0 Å². The zero-order valence-corrected chi connectivity index (χ0v) is 79.3. The molecular formula is C96H82Cl2O7S14. The predicted octanol–water partition coefficient (Wildman–Crippen LogP) is 30.0. The summed E-state index contributed by atoms with van der Waals surface area (Å²) < 4.78 is 69.1. The van der Waals surface area contributed by atoms with Crippen LogP contribution in [0, 0.1) is 0 Å². The molecule has 7 aliphatic rings. The van der Waals surface area contributed by atoms with Crippen LogP contribution in [0.15, 0.2) is 268 Å². The molecule has 0 bridgehead atoms. The molecule has 1 spiro atoms. The summed E-state index contributed by atoms with van der Waals surface area (Å²) in [5.74, 6) is 0.487. The third-order valence-electron chi connectivity index (χ3n) is 24.1. The lowest BCUT2D eigenvalue weighted by Crippen LogP contribution is -2.42. The number of sulfone groups is 2. The van der Waals surface area contributed by atoms with Gasteiger partial charge < -0.3 is 14.2 Å². The SMILES string of the molecule is CC1(CCc2ccccc2)c2ccsc2-c2sccc21.CC1(CS(=O)(=O)c2ccc(Cl)cc2)c2ccsc2-c2sccc21.CC1(CS(=O)(=O)c2ccccc2)c2ccsc2-c2sccc21.CC1(Cc2ccc(Cl)cc2)c2ccsc2-c2sccc21.CC1=CC2(OC(C)(C)O1)c1ccsc1-c1sccc12.COCC1(C)c2ccsc2-c2sccc21. The fraction of sp³-hybridized carbons (Fsp3) is 0.229. The highest BCUT2D eigenvalue weighted by atomic mass is 35.5. The number of benzene rings is 4. The van der Waals surface area contributed by atoms with E-state index in [1.807, 2.05) is 125 Å². The van der Waals surface area contributed by atoms with E-state index in [-0.39, 0.29) is 27.8 Å². The van der Waals surface area contributed by atoms with Crippen LogP contribution >= 0.6 is 159 Å². The summed E-state index contributed by atoms with van der Waals surface area (Å²) in [7, 11) is -4.96. The van der Waals surface area contributed by atoms with Gasteiger partial charge in [0.1, 0.15) is 5.60 Å². The van der Waals surface area contributed by atoms with E-state index in [9.17, 15) is 16.8 Å². The van der Waals surface area contributed by atoms with E-state index in [1.165, 1.54) is 109 Å². The summed E-state index contributed by atoms with van der Waals surface area (Å²) in [4.78, 5) is 17.1. The van der Waals surface area contributed by atoms with Crippen LogP contribution in [0.4, 0.5) is 0 Å². The minimum absolute atomic E-state index is 0.0646. The molecule has 0 atom stereocenters. The molecule has 23 rings (SSSR count). The van der Waals surface area contributed by atoms with Crippen molar-refractivity contribution in [3.63, 3.8) is 0 Å². The van der Waals surface area contributed by atoms with E-state index < -0.39 is 41.9 Å². The van der Waals surface area contributed by atoms with Crippen LogP contribution < -0.4 is 0 Å². The van der Waals surface area contributed by atoms with Crippen molar-refractivity contribution in [1.29, 1.82) is 0 Å². The van der Waals surface area contributed by atoms with Gasteiger partial charge in [-0.15, -0.1) is 136 Å². The highest BCUT2D eigenvalue weighted by Crippen LogP contribution is 2.62. The molecule has 23 heteroatoms. The standard InChI is InChI=1S/C18H16S2.C17H13ClO2S3.C17H13ClS2.C17H14O2S3.C15H14O2S2.C12H12OS2/c1-18(10-7-13-5-3-2-4-6-13)14-8-11-19-16(14)17-15(18)9-12-20-17;1-17(10-23(19,20)12-4-2-11(18)3-5-12)13-6-8-21-15(13)16-14(17)7-9-22-16;1-17(10-11-2-4-12(18)5-3-11)13-6-8-19-15(13)16-14(17)7-9-20-16;1-17(11-22(18,19)12-5-3-2-4-6-12)13-7-9-20-15(13)16-14(17)8-10-21-16;1-9-8-15(17-14(2,3)16-9)10-4-6-18-12(10)13-11(15)5-7-19-13;1-12(7-13-2)8-3-5-14-10(8)11-9(12)4-6-15-11/h2-6,8-9,11-12H,7,10H2,1H3;2-9H,10H2,1H3;2-9H,10H2,1H3;2-10H,11H2,1H3;4-8H,1-3H3;3-6H,7H2,1-2H3. The molecule has 16 aromatic rings. The minimum Gasteiger partial charge on any atom is -0.468 e. The number of thiophene rings is 12. The first-order valence-corrected chi connectivity index (χ1v) is 53.4. The maximum absolute atomic E-state index is 12.9. The van der Waals surface area contributed by atoms with Crippen LogP contribution in [0.25, 0.3) is 58.5 Å². The summed E-state index contributed by atoms with van der Waals surface area (Å²) in [6, 6.07) is 60.6. The molecule has 6 aliphatic carbocycles. The quantitative estimate of drug-likeness (QED) is 0.113. The third-order valence-corrected chi connectivity index (χ3v) is 40.4. The van der Waals surface area contributed by atoms with Crippen LogP contribution in [-0.2, 0) is 79.4 Å². The molecule has 4 aromatic carbocycles. The Morgan fingerprint density at radius 2 is 0.613 bits per heavy atom. The van der Waals surface area contributed by atoms with Gasteiger partial charge in [0.05, 0.1) is 43.4 Å². The molecule has 0 N–H and O–H groups in total. The summed E-state index contributed by atoms with van der Waals surface area (Å²) in [6.45, 7) is 17.9. The number of fused-ring (bicyclic) bond motifs is 20. The lowest BCUT2D eigenvalue weighted by molar-refractivity contribution is -0.248. The van der Waals surface area contributed by atoms with Crippen molar-refractivity contribution in [2.24, 2.45) is 0 Å². The molecule has 1 aliphatic heterocycles. The summed E-state index contributed by atoms with van der Waals surface area (Å²) in [5, 5.41) is 27.1.